The molecule has 1 N–H and O–H groups in total. The lowest BCUT2D eigenvalue weighted by Crippen LogP contribution is -2.04. The maximum Gasteiger partial charge on any atom is 0.161 e. The molecule has 0 amide bonds. The molecule has 0 bridgehead atoms. The van der Waals surface area contributed by atoms with E-state index < -0.39 is 0 Å². The van der Waals surface area contributed by atoms with Crippen LogP contribution in [0.1, 0.15) is 0 Å². The van der Waals surface area contributed by atoms with Gasteiger partial charge in [-0.2, -0.15) is 0 Å². The first-order valence-electron chi connectivity index (χ1n) is 4.14. The van der Waals surface area contributed by atoms with Crippen LogP contribution in [0.3, 0.4) is 0 Å². The van der Waals surface area contributed by atoms with Gasteiger partial charge >= 0.3 is 0 Å². The predicted molar refractivity (Wildman–Crippen MR) is 62.5 cm³/mol. The number of amidine groups is 1. The van der Waals surface area contributed by atoms with Crippen LogP contribution in [0.4, 0.5) is 10.1 Å². The number of hydrogen-bond donors (Lipinski definition) is 1. The molecule has 5 heteroatoms. The Kier molecular flexibility index (Phi) is 3.08. The second-order valence-electron chi connectivity index (χ2n) is 2.82. The van der Waals surface area contributed by atoms with Crippen LogP contribution < -0.4 is 5.32 Å². The molecule has 1 aromatic carbocycles. The molecule has 1 aliphatic rings. The molecule has 0 aromatic heterocycles. The summed E-state index contributed by atoms with van der Waals surface area (Å²) in [5.74, 6) is 0.740. The second kappa shape index (κ2) is 4.31. The van der Waals surface area contributed by atoms with Gasteiger partial charge in [0, 0.05) is 15.9 Å². The van der Waals surface area contributed by atoms with Gasteiger partial charge in [0.25, 0.3) is 0 Å². The third-order valence-electron chi connectivity index (χ3n) is 1.70. The third-order valence-corrected chi connectivity index (χ3v) is 3.05. The Morgan fingerprint density at radius 1 is 1.43 bits per heavy atom. The van der Waals surface area contributed by atoms with Gasteiger partial charge in [0.15, 0.2) is 5.17 Å². The first-order chi connectivity index (χ1) is 6.74. The van der Waals surface area contributed by atoms with E-state index in [4.69, 9.17) is 0 Å². The monoisotopic (exact) mass is 274 g/mol. The van der Waals surface area contributed by atoms with Crippen molar-refractivity contribution in [3.63, 3.8) is 0 Å². The van der Waals surface area contributed by atoms with E-state index in [2.05, 4.69) is 26.2 Å². The van der Waals surface area contributed by atoms with Crippen LogP contribution in [-0.2, 0) is 0 Å². The third kappa shape index (κ3) is 2.48. The highest BCUT2D eigenvalue weighted by Gasteiger charge is 2.07. The van der Waals surface area contributed by atoms with Crippen LogP contribution in [0.5, 0.6) is 0 Å². The number of aliphatic imine (C=N–C) groups is 1. The molecule has 0 unspecified atom stereocenters. The van der Waals surface area contributed by atoms with E-state index in [1.165, 1.54) is 12.1 Å². The Labute approximate surface area is 94.1 Å². The first-order valence-corrected chi connectivity index (χ1v) is 5.92. The van der Waals surface area contributed by atoms with E-state index >= 15 is 0 Å². The van der Waals surface area contributed by atoms with Gasteiger partial charge in [0.05, 0.1) is 6.54 Å². The molecule has 1 aromatic rings. The molecule has 1 aliphatic heterocycles. The summed E-state index contributed by atoms with van der Waals surface area (Å²) in [6.07, 6.45) is 0. The number of nitrogens with zero attached hydrogens (tertiary/aromatic N) is 1. The van der Waals surface area contributed by atoms with Gasteiger partial charge in [0.1, 0.15) is 5.82 Å². The van der Waals surface area contributed by atoms with Crippen LogP contribution in [-0.4, -0.2) is 17.5 Å². The van der Waals surface area contributed by atoms with Crippen LogP contribution >= 0.6 is 27.7 Å². The topological polar surface area (TPSA) is 24.4 Å². The Bertz CT molecular complexity index is 361. The van der Waals surface area contributed by atoms with Crippen molar-refractivity contribution in [3.05, 3.63) is 28.5 Å². The summed E-state index contributed by atoms with van der Waals surface area (Å²) in [6, 6.07) is 4.70. The zero-order valence-corrected chi connectivity index (χ0v) is 9.66. The molecule has 0 atom stereocenters. The smallest absolute Gasteiger partial charge is 0.161 e. The van der Waals surface area contributed by atoms with E-state index in [9.17, 15) is 4.39 Å². The Morgan fingerprint density at radius 2 is 2.29 bits per heavy atom. The van der Waals surface area contributed by atoms with Gasteiger partial charge in [0.2, 0.25) is 0 Å². The van der Waals surface area contributed by atoms with Crippen LogP contribution in [0, 0.1) is 5.82 Å². The highest BCUT2D eigenvalue weighted by atomic mass is 79.9. The minimum Gasteiger partial charge on any atom is -0.335 e. The quantitative estimate of drug-likeness (QED) is 0.851. The van der Waals surface area contributed by atoms with Crippen molar-refractivity contribution in [3.8, 4) is 0 Å². The number of anilines is 1. The van der Waals surface area contributed by atoms with E-state index in [1.54, 1.807) is 11.8 Å². The Morgan fingerprint density at radius 3 is 2.93 bits per heavy atom. The lowest BCUT2D eigenvalue weighted by Gasteiger charge is -2.05. The fourth-order valence-electron chi connectivity index (χ4n) is 1.16. The van der Waals surface area contributed by atoms with Crippen molar-refractivity contribution >= 4 is 38.5 Å². The minimum absolute atomic E-state index is 0.259. The zero-order chi connectivity index (χ0) is 9.97. The molecule has 14 heavy (non-hydrogen) atoms. The van der Waals surface area contributed by atoms with Crippen molar-refractivity contribution in [2.45, 2.75) is 0 Å². The lowest BCUT2D eigenvalue weighted by atomic mass is 10.3. The van der Waals surface area contributed by atoms with E-state index in [1.807, 2.05) is 6.07 Å². The fourth-order valence-corrected chi connectivity index (χ4v) is 2.37. The molecule has 2 rings (SSSR count). The molecule has 74 valence electrons. The molecular weight excluding hydrogens is 267 g/mol. The highest BCUT2D eigenvalue weighted by molar-refractivity contribution is 9.10. The Hall–Kier alpha value is -0.550. The number of thioether (sulfide) groups is 1. The van der Waals surface area contributed by atoms with E-state index in [-0.39, 0.29) is 5.82 Å². The lowest BCUT2D eigenvalue weighted by molar-refractivity contribution is 0.627. The van der Waals surface area contributed by atoms with Gasteiger partial charge in [-0.15, -0.1) is 0 Å². The molecular formula is C9H8BrFN2S. The van der Waals surface area contributed by atoms with Gasteiger partial charge in [-0.05, 0) is 18.2 Å². The summed E-state index contributed by atoms with van der Waals surface area (Å²) in [7, 11) is 0. The number of halogens is 2. The van der Waals surface area contributed by atoms with Crippen molar-refractivity contribution in [2.24, 2.45) is 4.99 Å². The van der Waals surface area contributed by atoms with E-state index in [0.717, 1.165) is 27.6 Å². The van der Waals surface area contributed by atoms with Gasteiger partial charge in [-0.25, -0.2) is 4.39 Å². The molecule has 1 heterocycles. The zero-order valence-electron chi connectivity index (χ0n) is 7.26. The summed E-state index contributed by atoms with van der Waals surface area (Å²) in [5.41, 5.74) is 0.727. The SMILES string of the molecule is Fc1cc(Br)cc(NC2=NCCS2)c1. The molecule has 0 fully saturated rings. The van der Waals surface area contributed by atoms with Crippen molar-refractivity contribution < 1.29 is 4.39 Å². The summed E-state index contributed by atoms with van der Waals surface area (Å²) in [4.78, 5) is 4.22. The molecule has 0 radical (unpaired) electrons. The first kappa shape index (κ1) is 9.98. The molecule has 0 spiro atoms. The molecule has 0 saturated heterocycles. The fraction of sp³-hybridized carbons (Fsp3) is 0.222. The summed E-state index contributed by atoms with van der Waals surface area (Å²) < 4.78 is 13.7. The number of hydrogen-bond acceptors (Lipinski definition) is 3. The maximum absolute atomic E-state index is 13.0. The van der Waals surface area contributed by atoms with Crippen molar-refractivity contribution in [1.82, 2.24) is 0 Å². The van der Waals surface area contributed by atoms with Crippen LogP contribution in [0.15, 0.2) is 27.7 Å². The minimum atomic E-state index is -0.259. The molecule has 0 saturated carbocycles. The van der Waals surface area contributed by atoms with E-state index in [0.29, 0.717) is 0 Å². The van der Waals surface area contributed by atoms with Gasteiger partial charge in [-0.1, -0.05) is 27.7 Å². The predicted octanol–water partition coefficient (Wildman–Crippen LogP) is 3.10. The summed E-state index contributed by atoms with van der Waals surface area (Å²) in [6.45, 7) is 0.837. The van der Waals surface area contributed by atoms with Gasteiger partial charge in [-0.3, -0.25) is 4.99 Å². The number of rotatable bonds is 1. The largest absolute Gasteiger partial charge is 0.335 e. The van der Waals surface area contributed by atoms with Gasteiger partial charge < -0.3 is 5.32 Å². The molecule has 0 aliphatic carbocycles. The second-order valence-corrected chi connectivity index (χ2v) is 4.82. The number of benzene rings is 1. The van der Waals surface area contributed by atoms with Crippen molar-refractivity contribution in [1.29, 1.82) is 0 Å². The summed E-state index contributed by atoms with van der Waals surface area (Å²) in [5, 5.41) is 3.93. The maximum atomic E-state index is 13.0. The van der Waals surface area contributed by atoms with Crippen molar-refractivity contribution in [2.75, 3.05) is 17.6 Å². The highest BCUT2D eigenvalue weighted by Crippen LogP contribution is 2.21. The molecule has 2 nitrogen and oxygen atoms in total. The average Bonchev–Trinajstić information content (AvgIpc) is 2.54. The van der Waals surface area contributed by atoms with Crippen LogP contribution in [0.25, 0.3) is 0 Å². The Balaban J connectivity index is 2.15. The standard InChI is InChI=1S/C9H8BrFN2S/c10-6-3-7(11)5-8(4-6)13-9-12-1-2-14-9/h3-5H,1-2H2,(H,12,13). The number of nitrogens with one attached hydrogen (secondary N) is 1. The normalized spacial score (nSPS) is 15.4. The van der Waals surface area contributed by atoms with Crippen LogP contribution in [0.2, 0.25) is 0 Å². The summed E-state index contributed by atoms with van der Waals surface area (Å²) >= 11 is 4.89. The average molecular weight is 275 g/mol.